The van der Waals surface area contributed by atoms with Crippen LogP contribution in [0.1, 0.15) is 112 Å². The summed E-state index contributed by atoms with van der Waals surface area (Å²) >= 11 is 0. The molecule has 3 saturated carbocycles. The third-order valence-corrected chi connectivity index (χ3v) is 9.73. The van der Waals surface area contributed by atoms with Gasteiger partial charge in [0.25, 0.3) is 0 Å². The summed E-state index contributed by atoms with van der Waals surface area (Å²) in [7, 11) is 0. The lowest BCUT2D eigenvalue weighted by Crippen LogP contribution is -2.47. The van der Waals surface area contributed by atoms with Crippen molar-refractivity contribution >= 4 is 5.78 Å². The van der Waals surface area contributed by atoms with Crippen LogP contribution in [0, 0.1) is 34.5 Å². The second-order valence-corrected chi connectivity index (χ2v) is 11.9. The van der Waals surface area contributed by atoms with Crippen molar-refractivity contribution in [1.29, 1.82) is 0 Å². The summed E-state index contributed by atoms with van der Waals surface area (Å²) in [6.07, 6.45) is 6.51. The molecule has 0 aromatic carbocycles. The fourth-order valence-corrected chi connectivity index (χ4v) is 6.53. The molecule has 4 heteroatoms. The molecule has 3 fully saturated rings. The van der Waals surface area contributed by atoms with Crippen LogP contribution in [0.15, 0.2) is 0 Å². The standard InChI is InChI=1S/C26H44F2O2/c1-18-6-16-23(17-7-18)30-26(27,28)21-10-8-19(9-11-21)24(2,3)25(4,5)20-12-14-22(29)15-13-20/h18-21,23H,6-17H2,1-5H3. The Morgan fingerprint density at radius 1 is 0.700 bits per heavy atom. The molecule has 30 heavy (non-hydrogen) atoms. The zero-order chi connectivity index (χ0) is 22.2. The summed E-state index contributed by atoms with van der Waals surface area (Å²) in [5.41, 5.74) is 0.168. The SMILES string of the molecule is CC1CCC(OC(F)(F)C2CCC(C(C)(C)C(C)(C)C3CCC(=O)CC3)CC2)CC1. The number of halogens is 2. The van der Waals surface area contributed by atoms with Gasteiger partial charge in [-0.1, -0.05) is 34.6 Å². The lowest BCUT2D eigenvalue weighted by atomic mass is 9.51. The Hall–Kier alpha value is -0.510. The van der Waals surface area contributed by atoms with Crippen molar-refractivity contribution in [2.24, 2.45) is 34.5 Å². The Morgan fingerprint density at radius 3 is 1.63 bits per heavy atom. The first kappa shape index (κ1) is 24.1. The van der Waals surface area contributed by atoms with Gasteiger partial charge in [0.15, 0.2) is 0 Å². The Labute approximate surface area is 182 Å². The van der Waals surface area contributed by atoms with Gasteiger partial charge in [-0.3, -0.25) is 4.79 Å². The van der Waals surface area contributed by atoms with Gasteiger partial charge in [0.1, 0.15) is 5.78 Å². The van der Waals surface area contributed by atoms with Gasteiger partial charge in [0, 0.05) is 12.8 Å². The number of hydrogen-bond donors (Lipinski definition) is 0. The van der Waals surface area contributed by atoms with Crippen LogP contribution in [0.3, 0.4) is 0 Å². The fourth-order valence-electron chi connectivity index (χ4n) is 6.53. The predicted molar refractivity (Wildman–Crippen MR) is 117 cm³/mol. The normalized spacial score (nSPS) is 33.0. The highest BCUT2D eigenvalue weighted by atomic mass is 19.3. The third-order valence-electron chi connectivity index (χ3n) is 9.73. The first-order valence-electron chi connectivity index (χ1n) is 12.5. The lowest BCUT2D eigenvalue weighted by Gasteiger charge is -2.54. The van der Waals surface area contributed by atoms with E-state index in [0.717, 1.165) is 51.4 Å². The quantitative estimate of drug-likeness (QED) is 0.433. The van der Waals surface area contributed by atoms with Crippen LogP contribution in [-0.4, -0.2) is 18.0 Å². The van der Waals surface area contributed by atoms with Gasteiger partial charge in [0.05, 0.1) is 12.0 Å². The van der Waals surface area contributed by atoms with Gasteiger partial charge in [-0.15, -0.1) is 0 Å². The number of ether oxygens (including phenoxy) is 1. The highest BCUT2D eigenvalue weighted by molar-refractivity contribution is 5.79. The van der Waals surface area contributed by atoms with Crippen molar-refractivity contribution in [3.05, 3.63) is 0 Å². The molecule has 0 unspecified atom stereocenters. The summed E-state index contributed by atoms with van der Waals surface area (Å²) in [5, 5.41) is 0. The summed E-state index contributed by atoms with van der Waals surface area (Å²) in [6, 6.07) is 0. The number of rotatable bonds is 6. The van der Waals surface area contributed by atoms with E-state index in [1.54, 1.807) is 0 Å². The van der Waals surface area contributed by atoms with Crippen molar-refractivity contribution < 1.29 is 18.3 Å². The maximum atomic E-state index is 14.9. The maximum absolute atomic E-state index is 14.9. The minimum Gasteiger partial charge on any atom is -0.317 e. The lowest BCUT2D eigenvalue weighted by molar-refractivity contribution is -0.303. The molecule has 0 heterocycles. The molecule has 0 atom stereocenters. The number of carbonyl (C=O) groups excluding carboxylic acids is 1. The summed E-state index contributed by atoms with van der Waals surface area (Å²) < 4.78 is 35.2. The molecule has 0 saturated heterocycles. The molecule has 0 amide bonds. The van der Waals surface area contributed by atoms with Crippen LogP contribution < -0.4 is 0 Å². The predicted octanol–water partition coefficient (Wildman–Crippen LogP) is 7.79. The first-order chi connectivity index (χ1) is 13.9. The van der Waals surface area contributed by atoms with Gasteiger partial charge >= 0.3 is 6.11 Å². The molecule has 3 rings (SSSR count). The average molecular weight is 427 g/mol. The second kappa shape index (κ2) is 9.16. The van der Waals surface area contributed by atoms with E-state index >= 15 is 0 Å². The van der Waals surface area contributed by atoms with Gasteiger partial charge < -0.3 is 4.74 Å². The van der Waals surface area contributed by atoms with E-state index in [1.807, 2.05) is 0 Å². The summed E-state index contributed by atoms with van der Waals surface area (Å²) in [4.78, 5) is 11.7. The minimum absolute atomic E-state index is 0.0681. The van der Waals surface area contributed by atoms with Crippen LogP contribution in [-0.2, 0) is 9.53 Å². The smallest absolute Gasteiger partial charge is 0.317 e. The molecule has 0 aliphatic heterocycles. The minimum atomic E-state index is -2.99. The largest absolute Gasteiger partial charge is 0.358 e. The maximum Gasteiger partial charge on any atom is 0.358 e. The highest BCUT2D eigenvalue weighted by Gasteiger charge is 2.51. The fraction of sp³-hybridized carbons (Fsp3) is 0.962. The Bertz CT molecular complexity index is 572. The van der Waals surface area contributed by atoms with Gasteiger partial charge in [-0.05, 0) is 92.8 Å². The molecule has 174 valence electrons. The van der Waals surface area contributed by atoms with Crippen molar-refractivity contribution in [2.45, 2.75) is 124 Å². The first-order valence-corrected chi connectivity index (χ1v) is 12.5. The molecule has 0 aromatic heterocycles. The monoisotopic (exact) mass is 426 g/mol. The molecule has 0 spiro atoms. The molecule has 0 bridgehead atoms. The Balaban J connectivity index is 1.56. The third kappa shape index (κ3) is 5.10. The van der Waals surface area contributed by atoms with Crippen molar-refractivity contribution in [3.63, 3.8) is 0 Å². The number of Topliss-reactive ketones (excluding diaryl/α,β-unsaturated/α-hetero) is 1. The van der Waals surface area contributed by atoms with Crippen LogP contribution in [0.5, 0.6) is 0 Å². The Kier molecular flexibility index (Phi) is 7.37. The van der Waals surface area contributed by atoms with Crippen LogP contribution in [0.2, 0.25) is 0 Å². The molecular formula is C26H44F2O2. The molecule has 0 N–H and O–H groups in total. The van der Waals surface area contributed by atoms with Crippen molar-refractivity contribution in [2.75, 3.05) is 0 Å². The second-order valence-electron chi connectivity index (χ2n) is 11.9. The molecule has 0 aromatic rings. The molecule has 2 nitrogen and oxygen atoms in total. The zero-order valence-electron chi connectivity index (χ0n) is 19.9. The van der Waals surface area contributed by atoms with Crippen LogP contribution in [0.25, 0.3) is 0 Å². The van der Waals surface area contributed by atoms with Crippen LogP contribution in [0.4, 0.5) is 8.78 Å². The van der Waals surface area contributed by atoms with Crippen molar-refractivity contribution in [1.82, 2.24) is 0 Å². The number of carbonyl (C=O) groups is 1. The Morgan fingerprint density at radius 2 is 1.13 bits per heavy atom. The van der Waals surface area contributed by atoms with Gasteiger partial charge in [0.2, 0.25) is 0 Å². The van der Waals surface area contributed by atoms with E-state index in [9.17, 15) is 13.6 Å². The summed E-state index contributed by atoms with van der Waals surface area (Å²) in [5.74, 6) is 1.39. The van der Waals surface area contributed by atoms with E-state index in [-0.39, 0.29) is 16.9 Å². The van der Waals surface area contributed by atoms with Gasteiger partial charge in [-0.25, -0.2) is 0 Å². The van der Waals surface area contributed by atoms with E-state index in [4.69, 9.17) is 4.74 Å². The number of hydrogen-bond acceptors (Lipinski definition) is 2. The van der Waals surface area contributed by atoms with E-state index in [2.05, 4.69) is 34.6 Å². The van der Waals surface area contributed by atoms with Gasteiger partial charge in [-0.2, -0.15) is 8.78 Å². The molecule has 0 radical (unpaired) electrons. The number of alkyl halides is 2. The average Bonchev–Trinajstić information content (AvgIpc) is 2.70. The summed E-state index contributed by atoms with van der Waals surface area (Å²) in [6.45, 7) is 11.6. The van der Waals surface area contributed by atoms with E-state index < -0.39 is 12.0 Å². The number of ketones is 1. The zero-order valence-corrected chi connectivity index (χ0v) is 19.9. The molecule has 3 aliphatic carbocycles. The van der Waals surface area contributed by atoms with Crippen LogP contribution >= 0.6 is 0 Å². The van der Waals surface area contributed by atoms with Crippen molar-refractivity contribution in [3.8, 4) is 0 Å². The topological polar surface area (TPSA) is 26.3 Å². The molecular weight excluding hydrogens is 382 g/mol. The highest BCUT2D eigenvalue weighted by Crippen LogP contribution is 2.57. The van der Waals surface area contributed by atoms with E-state index in [0.29, 0.717) is 49.2 Å². The van der Waals surface area contributed by atoms with E-state index in [1.165, 1.54) is 0 Å². The molecule has 3 aliphatic rings.